The maximum absolute atomic E-state index is 11.3. The van der Waals surface area contributed by atoms with Crippen molar-refractivity contribution in [2.45, 2.75) is 13.8 Å². The summed E-state index contributed by atoms with van der Waals surface area (Å²) in [7, 11) is 1.66. The molecule has 2 rings (SSSR count). The van der Waals surface area contributed by atoms with Gasteiger partial charge in [0.1, 0.15) is 11.5 Å². The molecule has 506 valence electrons. The van der Waals surface area contributed by atoms with E-state index in [2.05, 4.69) is 625 Å². The van der Waals surface area contributed by atoms with E-state index >= 15 is 0 Å². The number of aryl methyl sites for hydroxylation is 2. The summed E-state index contributed by atoms with van der Waals surface area (Å²) in [5.74, 6) is 257. The molecule has 0 atom stereocenters. The summed E-state index contributed by atoms with van der Waals surface area (Å²) >= 11 is 0. The molecule has 0 aliphatic carbocycles. The second-order valence-corrected chi connectivity index (χ2v) is 16.4. The Balaban J connectivity index is 0.00000403. The van der Waals surface area contributed by atoms with Crippen LogP contribution < -0.4 is 5.73 Å². The maximum atomic E-state index is 11.3. The fraction of sp³-hybridized carbons (Fsp3) is 0.0261. The minimum atomic E-state index is -0.522. The molecule has 1 amide bonds. The molecule has 121 heavy (non-hydrogen) atoms. The normalized spacial score (nSPS) is 4.81. The van der Waals surface area contributed by atoms with E-state index in [0.717, 1.165) is 0 Å². The van der Waals surface area contributed by atoms with Crippen LogP contribution >= 0.6 is 0 Å². The highest BCUT2D eigenvalue weighted by Gasteiger charge is 2.16. The Kier molecular flexibility index (Phi) is 62.5. The van der Waals surface area contributed by atoms with Gasteiger partial charge in [0.15, 0.2) is 0 Å². The van der Waals surface area contributed by atoms with Gasteiger partial charge in [0, 0.05) is 522 Å². The molecule has 0 saturated carbocycles. The van der Waals surface area contributed by atoms with Gasteiger partial charge in [-0.25, -0.2) is 9.97 Å². The summed E-state index contributed by atoms with van der Waals surface area (Å²) in [4.78, 5) is 19.5. The zero-order chi connectivity index (χ0) is 86.5. The van der Waals surface area contributed by atoms with Gasteiger partial charge in [-0.3, -0.25) is 9.48 Å². The third-order valence-electron chi connectivity index (χ3n) is 8.67. The number of hydrogen-bond donors (Lipinski definition) is 1. The summed E-state index contributed by atoms with van der Waals surface area (Å²) in [6.07, 6.45) is 8.16. The van der Waals surface area contributed by atoms with E-state index in [1.807, 2.05) is 0 Å². The lowest BCUT2D eigenvalue weighted by Crippen LogP contribution is -2.17. The van der Waals surface area contributed by atoms with Gasteiger partial charge in [0.25, 0.3) is 5.91 Å². The Morgan fingerprint density at radius 1 is 0.256 bits per heavy atom. The van der Waals surface area contributed by atoms with E-state index in [4.69, 9.17) is 12.2 Å². The lowest BCUT2D eigenvalue weighted by Gasteiger charge is -2.01. The molecular formula is C115H15N5O. The van der Waals surface area contributed by atoms with Gasteiger partial charge in [0.05, 0.1) is 17.5 Å². The van der Waals surface area contributed by atoms with Gasteiger partial charge in [-0.2, -0.15) is 5.10 Å². The number of amides is 1. The molecule has 0 unspecified atom stereocenters. The Hall–Kier alpha value is -25.1. The zero-order valence-electron chi connectivity index (χ0n) is 62.1. The third kappa shape index (κ3) is 70.3. The standard InChI is InChI=1S/C105H4.C10H11N5O/c1-3-5-7-9-11-13-15-17-19-21-23-25-27-29-31-33-35-37-39-41-43-45-47-49-51-53-55-57-59-61-63-65-67-69-71-73-75-77-79-81-83-85-87-89-91-93-95-97-99-101-103-105-104-102-100-98-96-94-92-90-88-86-84-82-80-78-76-74-72-70-68-66-64-62-60-58-56-54-52-50-48-46-44-42-40-38-36-34-32-30-28-26-24-22-20-18-16-14-12-10-8-6-4-2;1-6-12-4-3-8(14-6)7-5-13-15(2)9(7)10(11)16/h1H,2H3;3-5H,1-2H3,(H2,11,16). The first-order valence-electron chi connectivity index (χ1n) is 31.0. The molecule has 0 bridgehead atoms. The number of rotatable bonds is 2. The molecule has 2 N–H and O–H groups in total. The van der Waals surface area contributed by atoms with Crippen LogP contribution in [0.15, 0.2) is 18.5 Å². The van der Waals surface area contributed by atoms with Gasteiger partial charge in [0.2, 0.25) is 0 Å². The number of hydrogen-bond acceptors (Lipinski definition) is 4. The summed E-state index contributed by atoms with van der Waals surface area (Å²) in [6, 6.07) is 1.72. The third-order valence-corrected chi connectivity index (χ3v) is 8.67. The van der Waals surface area contributed by atoms with Crippen LogP contribution in [0.2, 0.25) is 0 Å². The van der Waals surface area contributed by atoms with Crippen molar-refractivity contribution >= 4 is 5.91 Å². The monoisotopic (exact) mass is 1480 g/mol. The topological polar surface area (TPSA) is 86.7 Å². The Labute approximate surface area is 709 Å². The molecular weight excluding hydrogens is 1470 g/mol. The molecule has 0 saturated heterocycles. The van der Waals surface area contributed by atoms with E-state index in [1.54, 1.807) is 39.4 Å². The molecule has 0 aromatic carbocycles. The summed E-state index contributed by atoms with van der Waals surface area (Å²) in [5.41, 5.74) is 6.91. The molecule has 6 nitrogen and oxygen atoms in total. The Morgan fingerprint density at radius 2 is 0.397 bits per heavy atom. The van der Waals surface area contributed by atoms with Crippen molar-refractivity contribution in [1.82, 2.24) is 19.7 Å². The minimum Gasteiger partial charge on any atom is -0.364 e. The fourth-order valence-corrected chi connectivity index (χ4v) is 4.72. The van der Waals surface area contributed by atoms with E-state index in [1.165, 1.54) is 4.68 Å². The second-order valence-electron chi connectivity index (χ2n) is 16.4. The molecule has 0 spiro atoms. The van der Waals surface area contributed by atoms with Crippen LogP contribution in [-0.2, 0) is 7.05 Å². The highest BCUT2D eigenvalue weighted by Crippen LogP contribution is 2.20. The van der Waals surface area contributed by atoms with Crippen LogP contribution in [0.3, 0.4) is 0 Å². The van der Waals surface area contributed by atoms with Crippen LogP contribution in [0.4, 0.5) is 0 Å². The lowest BCUT2D eigenvalue weighted by molar-refractivity contribution is 0.0992. The number of nitrogens with zero attached hydrogens (tertiary/aromatic N) is 4. The van der Waals surface area contributed by atoms with Gasteiger partial charge in [-0.15, -0.1) is 6.42 Å². The summed E-state index contributed by atoms with van der Waals surface area (Å²) in [6.45, 7) is 3.46. The van der Waals surface area contributed by atoms with Crippen molar-refractivity contribution in [3.63, 3.8) is 0 Å². The first-order chi connectivity index (χ1) is 60.0. The Bertz CT molecular complexity index is 8490. The number of aromatic nitrogens is 4. The SMILES string of the molecule is C#CC#CC#CC#CC#CC#CC#CC#CC#CC#CC#CC#CC#CC#CC#CC#CC#CC#CC#CC#CC#CC#CC#CC#CC#CC#CC#CC#CC#CC#CC#CC#CC#CC#CC#CC#CC#CC#CC#CC#CC#CC#CC#CC#CC#CC#CC#CC#CC#CC#CC#CC#CC.Cc1nccc(-c2cnn(C)c2C(N)=O)n1. The highest BCUT2D eigenvalue weighted by atomic mass is 16.1. The van der Waals surface area contributed by atoms with Crippen molar-refractivity contribution in [3.8, 4) is 627 Å². The van der Waals surface area contributed by atoms with Gasteiger partial charge < -0.3 is 5.73 Å². The molecule has 6 heteroatoms. The molecule has 0 radical (unpaired) electrons. The predicted octanol–water partition coefficient (Wildman–Crippen LogP) is 1.10. The van der Waals surface area contributed by atoms with Crippen molar-refractivity contribution in [2.75, 3.05) is 0 Å². The van der Waals surface area contributed by atoms with E-state index in [9.17, 15) is 4.79 Å². The smallest absolute Gasteiger partial charge is 0.267 e. The van der Waals surface area contributed by atoms with Crippen LogP contribution in [0.1, 0.15) is 23.2 Å². The molecule has 0 aliphatic rings. The maximum Gasteiger partial charge on any atom is 0.267 e. The summed E-state index contributed by atoms with van der Waals surface area (Å²) < 4.78 is 1.44. The van der Waals surface area contributed by atoms with E-state index in [0.29, 0.717) is 22.8 Å². The predicted molar refractivity (Wildman–Crippen MR) is 469 cm³/mol. The van der Waals surface area contributed by atoms with Crippen LogP contribution in [0, 0.1) is 623 Å². The van der Waals surface area contributed by atoms with Crippen LogP contribution in [0.5, 0.6) is 0 Å². The van der Waals surface area contributed by atoms with Crippen molar-refractivity contribution in [1.29, 1.82) is 0 Å². The van der Waals surface area contributed by atoms with Gasteiger partial charge >= 0.3 is 0 Å². The minimum absolute atomic E-state index is 0.345. The number of terminal acetylenes is 1. The van der Waals surface area contributed by atoms with Crippen molar-refractivity contribution < 1.29 is 4.79 Å². The molecule has 2 aromatic rings. The zero-order valence-corrected chi connectivity index (χ0v) is 62.1. The summed E-state index contributed by atoms with van der Waals surface area (Å²) in [5, 5.41) is 4.00. The highest BCUT2D eigenvalue weighted by molar-refractivity contribution is 5.97. The van der Waals surface area contributed by atoms with Crippen molar-refractivity contribution in [3.05, 3.63) is 30.0 Å². The van der Waals surface area contributed by atoms with Crippen LogP contribution in [-0.4, -0.2) is 25.7 Å². The molecule has 0 aliphatic heterocycles. The molecule has 2 heterocycles. The average molecular weight is 1480 g/mol. The van der Waals surface area contributed by atoms with E-state index in [-0.39, 0.29) is 0 Å². The number of nitrogens with two attached hydrogens (primary N) is 1. The van der Waals surface area contributed by atoms with Gasteiger partial charge in [-0.1, -0.05) is 5.92 Å². The average Bonchev–Trinajstić information content (AvgIpc) is 1.68. The Morgan fingerprint density at radius 3 is 0.521 bits per heavy atom. The van der Waals surface area contributed by atoms with Crippen molar-refractivity contribution in [2.24, 2.45) is 12.8 Å². The molecule has 2 aromatic heterocycles. The number of primary amides is 1. The number of carbonyl (C=O) groups excluding carboxylic acids is 1. The molecule has 0 fully saturated rings. The van der Waals surface area contributed by atoms with Crippen LogP contribution in [0.25, 0.3) is 11.3 Å². The van der Waals surface area contributed by atoms with Gasteiger partial charge in [-0.05, 0) is 115 Å². The number of carbonyl (C=O) groups is 1. The quantitative estimate of drug-likeness (QED) is 0.458. The first kappa shape index (κ1) is 93.9. The first-order valence-corrected chi connectivity index (χ1v) is 31.0. The largest absolute Gasteiger partial charge is 0.364 e. The second kappa shape index (κ2) is 80.6. The fourth-order valence-electron chi connectivity index (χ4n) is 4.72. The van der Waals surface area contributed by atoms with E-state index < -0.39 is 5.91 Å². The lowest BCUT2D eigenvalue weighted by atomic mass is 10.1.